The number of fused-ring (bicyclic) bond motifs is 1. The Morgan fingerprint density at radius 3 is 2.57 bits per heavy atom. The number of pyridine rings is 2. The highest BCUT2D eigenvalue weighted by Crippen LogP contribution is 2.18. The summed E-state index contributed by atoms with van der Waals surface area (Å²) in [5, 5.41) is 0.826. The van der Waals surface area contributed by atoms with Crippen molar-refractivity contribution in [3.8, 4) is 11.4 Å². The Balaban J connectivity index is 1.57. The lowest BCUT2D eigenvalue weighted by Crippen LogP contribution is -2.16. The quantitative estimate of drug-likeness (QED) is 0.497. The number of hydrogen-bond acceptors (Lipinski definition) is 4. The Bertz CT molecular complexity index is 1220. The molecule has 0 bridgehead atoms. The van der Waals surface area contributed by atoms with Gasteiger partial charge in [0.1, 0.15) is 23.9 Å². The molecule has 4 aromatic rings. The van der Waals surface area contributed by atoms with Gasteiger partial charge in [0.25, 0.3) is 5.56 Å². The third kappa shape index (κ3) is 3.66. The third-order valence-corrected chi connectivity index (χ3v) is 4.30. The van der Waals surface area contributed by atoms with Crippen LogP contribution in [-0.2, 0) is 6.61 Å². The maximum Gasteiger partial charge on any atom is 0.258 e. The van der Waals surface area contributed by atoms with Crippen LogP contribution < -0.4 is 10.3 Å². The molecule has 0 atom stereocenters. The summed E-state index contributed by atoms with van der Waals surface area (Å²) in [5.74, 6) is 0.128. The van der Waals surface area contributed by atoms with E-state index >= 15 is 0 Å². The first-order valence-corrected chi connectivity index (χ1v) is 8.59. The van der Waals surface area contributed by atoms with Crippen LogP contribution in [0.4, 0.5) is 4.39 Å². The first-order chi connectivity index (χ1) is 13.6. The third-order valence-electron chi connectivity index (χ3n) is 4.30. The zero-order valence-electron chi connectivity index (χ0n) is 14.7. The van der Waals surface area contributed by atoms with E-state index in [0.29, 0.717) is 28.9 Å². The zero-order valence-corrected chi connectivity index (χ0v) is 14.7. The van der Waals surface area contributed by atoms with Gasteiger partial charge in [0.15, 0.2) is 6.29 Å². The first-order valence-electron chi connectivity index (χ1n) is 8.59. The van der Waals surface area contributed by atoms with Crippen LogP contribution in [0.25, 0.3) is 16.6 Å². The predicted octanol–water partition coefficient (Wildman–Crippen LogP) is 3.92. The van der Waals surface area contributed by atoms with Crippen LogP contribution in [0.1, 0.15) is 16.1 Å². The van der Waals surface area contributed by atoms with E-state index < -0.39 is 0 Å². The summed E-state index contributed by atoms with van der Waals surface area (Å²) < 4.78 is 20.1. The Morgan fingerprint density at radius 2 is 1.82 bits per heavy atom. The van der Waals surface area contributed by atoms with Crippen molar-refractivity contribution in [3.63, 3.8) is 0 Å². The summed E-state index contributed by atoms with van der Waals surface area (Å²) in [6.45, 7) is 0.241. The molecule has 0 saturated heterocycles. The van der Waals surface area contributed by atoms with E-state index in [1.165, 1.54) is 22.8 Å². The minimum Gasteiger partial charge on any atom is -0.489 e. The number of aromatic nitrogens is 2. The molecule has 0 aliphatic rings. The lowest BCUT2D eigenvalue weighted by molar-refractivity contribution is 0.111. The summed E-state index contributed by atoms with van der Waals surface area (Å²) >= 11 is 0. The van der Waals surface area contributed by atoms with Crippen molar-refractivity contribution in [3.05, 3.63) is 100 Å². The topological polar surface area (TPSA) is 61.2 Å². The average molecular weight is 374 g/mol. The van der Waals surface area contributed by atoms with Gasteiger partial charge < -0.3 is 4.74 Å². The molecule has 2 heterocycles. The lowest BCUT2D eigenvalue weighted by Gasteiger charge is -2.10. The summed E-state index contributed by atoms with van der Waals surface area (Å²) in [4.78, 5) is 27.6. The van der Waals surface area contributed by atoms with Crippen LogP contribution in [0, 0.1) is 5.82 Å². The molecule has 0 N–H and O–H groups in total. The lowest BCUT2D eigenvalue weighted by atomic mass is 10.2. The Labute approximate surface area is 159 Å². The molecule has 0 aliphatic heterocycles. The molecule has 4 rings (SSSR count). The number of carbonyl (C=O) groups excluding carboxylic acids is 1. The van der Waals surface area contributed by atoms with Crippen LogP contribution in [0.15, 0.2) is 77.7 Å². The van der Waals surface area contributed by atoms with Gasteiger partial charge in [-0.05, 0) is 48.0 Å². The van der Waals surface area contributed by atoms with Crippen LogP contribution in [0.5, 0.6) is 5.75 Å². The standard InChI is InChI=1S/C22H15FN2O3/c23-17-4-1-15(2-5-17)14-28-20-9-10-25(22(27)12-20)19-7-8-21-16(11-19)3-6-18(13-26)24-21/h1-13H,14H2. The summed E-state index contributed by atoms with van der Waals surface area (Å²) in [5.41, 5.74) is 2.29. The highest BCUT2D eigenvalue weighted by Gasteiger charge is 2.05. The Kier molecular flexibility index (Phi) is 4.68. The van der Waals surface area contributed by atoms with E-state index in [9.17, 15) is 14.0 Å². The molecule has 0 aliphatic carbocycles. The predicted molar refractivity (Wildman–Crippen MR) is 103 cm³/mol. The number of ether oxygens (including phenoxy) is 1. The second kappa shape index (κ2) is 7.44. The molecule has 0 spiro atoms. The monoisotopic (exact) mass is 374 g/mol. The highest BCUT2D eigenvalue weighted by molar-refractivity contribution is 5.84. The number of halogens is 1. The van der Waals surface area contributed by atoms with Gasteiger partial charge in [-0.25, -0.2) is 9.37 Å². The molecular formula is C22H15FN2O3. The van der Waals surface area contributed by atoms with Gasteiger partial charge in [-0.2, -0.15) is 0 Å². The van der Waals surface area contributed by atoms with Gasteiger partial charge in [0.2, 0.25) is 0 Å². The molecule has 0 unspecified atom stereocenters. The molecule has 5 nitrogen and oxygen atoms in total. The van der Waals surface area contributed by atoms with Gasteiger partial charge in [-0.1, -0.05) is 18.2 Å². The number of carbonyl (C=O) groups is 1. The Morgan fingerprint density at radius 1 is 1.00 bits per heavy atom. The van der Waals surface area contributed by atoms with E-state index in [1.807, 2.05) is 6.07 Å². The highest BCUT2D eigenvalue weighted by atomic mass is 19.1. The summed E-state index contributed by atoms with van der Waals surface area (Å²) in [6, 6.07) is 17.9. The van der Waals surface area contributed by atoms with E-state index in [0.717, 1.165) is 10.9 Å². The van der Waals surface area contributed by atoms with Crippen LogP contribution in [0.2, 0.25) is 0 Å². The number of hydrogen-bond donors (Lipinski definition) is 0. The number of benzene rings is 2. The fourth-order valence-electron chi connectivity index (χ4n) is 2.86. The van der Waals surface area contributed by atoms with Crippen molar-refractivity contribution < 1.29 is 13.9 Å². The number of nitrogens with zero attached hydrogens (tertiary/aromatic N) is 2. The van der Waals surface area contributed by atoms with Crippen molar-refractivity contribution in [1.29, 1.82) is 0 Å². The van der Waals surface area contributed by atoms with Gasteiger partial charge >= 0.3 is 0 Å². The van der Waals surface area contributed by atoms with E-state index in [1.54, 1.807) is 48.7 Å². The first kappa shape index (κ1) is 17.6. The second-order valence-electron chi connectivity index (χ2n) is 6.22. The van der Waals surface area contributed by atoms with Gasteiger partial charge in [0.05, 0.1) is 5.52 Å². The summed E-state index contributed by atoms with van der Waals surface area (Å²) in [6.07, 6.45) is 2.33. The van der Waals surface area contributed by atoms with Crippen LogP contribution in [-0.4, -0.2) is 15.8 Å². The maximum atomic E-state index is 12.9. The minimum absolute atomic E-state index is 0.241. The van der Waals surface area contributed by atoms with Crippen LogP contribution >= 0.6 is 0 Å². The fourth-order valence-corrected chi connectivity index (χ4v) is 2.86. The molecule has 138 valence electrons. The molecule has 0 fully saturated rings. The van der Waals surface area contributed by atoms with E-state index in [2.05, 4.69) is 4.98 Å². The molecule has 0 saturated carbocycles. The minimum atomic E-state index is -0.306. The number of rotatable bonds is 5. The zero-order chi connectivity index (χ0) is 19.5. The van der Waals surface area contributed by atoms with E-state index in [4.69, 9.17) is 4.74 Å². The molecular weight excluding hydrogens is 359 g/mol. The molecule has 2 aromatic heterocycles. The summed E-state index contributed by atoms with van der Waals surface area (Å²) in [7, 11) is 0. The second-order valence-corrected chi connectivity index (χ2v) is 6.22. The maximum absolute atomic E-state index is 12.9. The fraction of sp³-hybridized carbons (Fsp3) is 0.0455. The average Bonchev–Trinajstić information content (AvgIpc) is 2.72. The van der Waals surface area contributed by atoms with Gasteiger partial charge in [-0.3, -0.25) is 14.2 Å². The van der Waals surface area contributed by atoms with Crippen molar-refractivity contribution in [2.45, 2.75) is 6.61 Å². The van der Waals surface area contributed by atoms with E-state index in [-0.39, 0.29) is 18.0 Å². The smallest absolute Gasteiger partial charge is 0.258 e. The largest absolute Gasteiger partial charge is 0.489 e. The van der Waals surface area contributed by atoms with Crippen molar-refractivity contribution in [1.82, 2.24) is 9.55 Å². The molecule has 28 heavy (non-hydrogen) atoms. The van der Waals surface area contributed by atoms with Crippen molar-refractivity contribution in [2.75, 3.05) is 0 Å². The molecule has 0 amide bonds. The van der Waals surface area contributed by atoms with Gasteiger partial charge in [-0.15, -0.1) is 0 Å². The van der Waals surface area contributed by atoms with Crippen LogP contribution in [0.3, 0.4) is 0 Å². The van der Waals surface area contributed by atoms with Crippen molar-refractivity contribution >= 4 is 17.2 Å². The SMILES string of the molecule is O=Cc1ccc2cc(-n3ccc(OCc4ccc(F)cc4)cc3=O)ccc2n1. The molecule has 2 aromatic carbocycles. The number of aldehydes is 1. The normalized spacial score (nSPS) is 10.8. The van der Waals surface area contributed by atoms with Gasteiger partial charge in [0, 0.05) is 23.3 Å². The molecule has 6 heteroatoms. The molecule has 0 radical (unpaired) electrons. The van der Waals surface area contributed by atoms with Crippen molar-refractivity contribution in [2.24, 2.45) is 0 Å². The Hall–Kier alpha value is -3.80.